The van der Waals surface area contributed by atoms with Crippen molar-refractivity contribution >= 4 is 0 Å². The molecular formula is C6H13NO3. The van der Waals surface area contributed by atoms with Gasteiger partial charge in [-0.15, -0.1) is 0 Å². The molecule has 0 amide bonds. The summed E-state index contributed by atoms with van der Waals surface area (Å²) in [6.45, 7) is 3.94. The SMILES string of the molecule is CC1(C)OCC(C(N)O)O1. The number of rotatable bonds is 1. The van der Waals surface area contributed by atoms with Crippen LogP contribution in [0, 0.1) is 0 Å². The van der Waals surface area contributed by atoms with Crippen molar-refractivity contribution < 1.29 is 14.6 Å². The zero-order valence-corrected chi connectivity index (χ0v) is 6.20. The summed E-state index contributed by atoms with van der Waals surface area (Å²) in [7, 11) is 0. The Bertz CT molecular complexity index is 124. The molecule has 4 heteroatoms. The summed E-state index contributed by atoms with van der Waals surface area (Å²) < 4.78 is 10.4. The topological polar surface area (TPSA) is 64.7 Å². The lowest BCUT2D eigenvalue weighted by Crippen LogP contribution is -2.37. The van der Waals surface area contributed by atoms with E-state index in [0.29, 0.717) is 6.61 Å². The maximum Gasteiger partial charge on any atom is 0.163 e. The third kappa shape index (κ3) is 1.67. The van der Waals surface area contributed by atoms with Gasteiger partial charge in [-0.3, -0.25) is 0 Å². The molecule has 0 aromatic carbocycles. The Morgan fingerprint density at radius 3 is 2.50 bits per heavy atom. The molecule has 1 saturated heterocycles. The summed E-state index contributed by atoms with van der Waals surface area (Å²) in [5.74, 6) is -0.592. The van der Waals surface area contributed by atoms with Crippen LogP contribution in [0.2, 0.25) is 0 Å². The average molecular weight is 147 g/mol. The zero-order valence-electron chi connectivity index (χ0n) is 6.20. The maximum atomic E-state index is 8.86. The van der Waals surface area contributed by atoms with E-state index in [1.165, 1.54) is 0 Å². The van der Waals surface area contributed by atoms with Gasteiger partial charge in [0.2, 0.25) is 0 Å². The van der Waals surface area contributed by atoms with Gasteiger partial charge in [0, 0.05) is 0 Å². The highest BCUT2D eigenvalue weighted by Gasteiger charge is 2.35. The van der Waals surface area contributed by atoms with Gasteiger partial charge in [0.05, 0.1) is 6.61 Å². The first-order chi connectivity index (χ1) is 4.51. The van der Waals surface area contributed by atoms with Crippen molar-refractivity contribution in [3.63, 3.8) is 0 Å². The standard InChI is InChI=1S/C6H13NO3/c1-6(2)9-3-4(10-6)5(7)8/h4-5,8H,3,7H2,1-2H3. The highest BCUT2D eigenvalue weighted by Crippen LogP contribution is 2.22. The highest BCUT2D eigenvalue weighted by molar-refractivity contribution is 4.73. The van der Waals surface area contributed by atoms with Crippen LogP contribution < -0.4 is 5.73 Å². The van der Waals surface area contributed by atoms with E-state index in [-0.39, 0.29) is 6.10 Å². The fraction of sp³-hybridized carbons (Fsp3) is 1.00. The van der Waals surface area contributed by atoms with E-state index in [0.717, 1.165) is 0 Å². The van der Waals surface area contributed by atoms with Gasteiger partial charge in [-0.25, -0.2) is 0 Å². The lowest BCUT2D eigenvalue weighted by molar-refractivity contribution is -0.150. The molecule has 0 spiro atoms. The Balaban J connectivity index is 2.43. The molecule has 60 valence electrons. The Morgan fingerprint density at radius 1 is 1.70 bits per heavy atom. The first-order valence-corrected chi connectivity index (χ1v) is 3.27. The third-order valence-corrected chi connectivity index (χ3v) is 1.41. The van der Waals surface area contributed by atoms with E-state index < -0.39 is 12.0 Å². The van der Waals surface area contributed by atoms with E-state index in [4.69, 9.17) is 20.3 Å². The van der Waals surface area contributed by atoms with Crippen LogP contribution >= 0.6 is 0 Å². The molecule has 1 heterocycles. The van der Waals surface area contributed by atoms with E-state index in [1.54, 1.807) is 13.8 Å². The second-order valence-corrected chi connectivity index (χ2v) is 2.86. The van der Waals surface area contributed by atoms with Crippen LogP contribution in [0.5, 0.6) is 0 Å². The van der Waals surface area contributed by atoms with Crippen LogP contribution in [0.4, 0.5) is 0 Å². The molecule has 3 N–H and O–H groups in total. The number of aliphatic hydroxyl groups is 1. The van der Waals surface area contributed by atoms with Crippen LogP contribution in [0.1, 0.15) is 13.8 Å². The summed E-state index contributed by atoms with van der Waals surface area (Å²) in [4.78, 5) is 0. The fourth-order valence-electron chi connectivity index (χ4n) is 0.884. The summed E-state index contributed by atoms with van der Waals surface area (Å²) in [6, 6.07) is 0. The first kappa shape index (κ1) is 7.94. The molecule has 2 atom stereocenters. The van der Waals surface area contributed by atoms with Crippen molar-refractivity contribution in [2.24, 2.45) is 5.73 Å². The number of hydrogen-bond acceptors (Lipinski definition) is 4. The second-order valence-electron chi connectivity index (χ2n) is 2.86. The molecule has 1 aliphatic heterocycles. The maximum absolute atomic E-state index is 8.86. The monoisotopic (exact) mass is 147 g/mol. The molecule has 0 saturated carbocycles. The summed E-state index contributed by atoms with van der Waals surface area (Å²) >= 11 is 0. The average Bonchev–Trinajstić information content (AvgIpc) is 2.10. The predicted molar refractivity (Wildman–Crippen MR) is 35.1 cm³/mol. The second kappa shape index (κ2) is 2.47. The molecule has 4 nitrogen and oxygen atoms in total. The summed E-state index contributed by atoms with van der Waals surface area (Å²) in [6.07, 6.45) is -1.32. The van der Waals surface area contributed by atoms with E-state index >= 15 is 0 Å². The van der Waals surface area contributed by atoms with E-state index in [2.05, 4.69) is 0 Å². The van der Waals surface area contributed by atoms with Crippen molar-refractivity contribution in [3.8, 4) is 0 Å². The van der Waals surface area contributed by atoms with Crippen LogP contribution in [-0.4, -0.2) is 29.8 Å². The van der Waals surface area contributed by atoms with Crippen molar-refractivity contribution in [1.29, 1.82) is 0 Å². The Labute approximate surface area is 59.9 Å². The smallest absolute Gasteiger partial charge is 0.163 e. The van der Waals surface area contributed by atoms with Crippen molar-refractivity contribution in [1.82, 2.24) is 0 Å². The minimum absolute atomic E-state index is 0.366. The quantitative estimate of drug-likeness (QED) is 0.487. The first-order valence-electron chi connectivity index (χ1n) is 3.27. The van der Waals surface area contributed by atoms with Gasteiger partial charge in [0.1, 0.15) is 12.3 Å². The number of nitrogens with two attached hydrogens (primary N) is 1. The molecule has 0 radical (unpaired) electrons. The molecule has 1 aliphatic rings. The predicted octanol–water partition coefficient (Wildman–Crippen LogP) is -0.585. The number of hydrogen-bond donors (Lipinski definition) is 2. The van der Waals surface area contributed by atoms with E-state index in [1.807, 2.05) is 0 Å². The van der Waals surface area contributed by atoms with Gasteiger partial charge in [0.25, 0.3) is 0 Å². The molecule has 10 heavy (non-hydrogen) atoms. The van der Waals surface area contributed by atoms with Crippen molar-refractivity contribution in [2.75, 3.05) is 6.61 Å². The lowest BCUT2D eigenvalue weighted by atomic mass is 10.3. The zero-order chi connectivity index (χ0) is 7.78. The van der Waals surface area contributed by atoms with Crippen molar-refractivity contribution in [2.45, 2.75) is 32.0 Å². The molecule has 0 aliphatic carbocycles. The molecule has 2 unspecified atom stereocenters. The molecule has 1 rings (SSSR count). The van der Waals surface area contributed by atoms with Crippen LogP contribution in [0.15, 0.2) is 0 Å². The molecule has 0 aromatic heterocycles. The Kier molecular flexibility index (Phi) is 1.96. The molecule has 0 aromatic rings. The van der Waals surface area contributed by atoms with Crippen LogP contribution in [-0.2, 0) is 9.47 Å². The highest BCUT2D eigenvalue weighted by atomic mass is 16.7. The van der Waals surface area contributed by atoms with Gasteiger partial charge in [-0.1, -0.05) is 0 Å². The molecule has 0 bridgehead atoms. The van der Waals surface area contributed by atoms with Gasteiger partial charge in [0.15, 0.2) is 5.79 Å². The Hall–Kier alpha value is -0.160. The van der Waals surface area contributed by atoms with Gasteiger partial charge in [-0.2, -0.15) is 0 Å². The minimum atomic E-state index is -0.943. The third-order valence-electron chi connectivity index (χ3n) is 1.41. The lowest BCUT2D eigenvalue weighted by Gasteiger charge is -2.17. The summed E-state index contributed by atoms with van der Waals surface area (Å²) in [5, 5.41) is 8.86. The van der Waals surface area contributed by atoms with Gasteiger partial charge < -0.3 is 20.3 Å². The number of aliphatic hydroxyl groups excluding tert-OH is 1. The van der Waals surface area contributed by atoms with E-state index in [9.17, 15) is 0 Å². The van der Waals surface area contributed by atoms with Crippen LogP contribution in [0.3, 0.4) is 0 Å². The Morgan fingerprint density at radius 2 is 2.30 bits per heavy atom. The van der Waals surface area contributed by atoms with Gasteiger partial charge >= 0.3 is 0 Å². The van der Waals surface area contributed by atoms with Crippen molar-refractivity contribution in [3.05, 3.63) is 0 Å². The van der Waals surface area contributed by atoms with Crippen LogP contribution in [0.25, 0.3) is 0 Å². The summed E-state index contributed by atoms with van der Waals surface area (Å²) in [5.41, 5.74) is 5.17. The molecular weight excluding hydrogens is 134 g/mol. The number of ether oxygens (including phenoxy) is 2. The normalized spacial score (nSPS) is 34.2. The minimum Gasteiger partial charge on any atom is -0.376 e. The largest absolute Gasteiger partial charge is 0.376 e. The molecule has 1 fully saturated rings. The fourth-order valence-corrected chi connectivity index (χ4v) is 0.884. The van der Waals surface area contributed by atoms with Gasteiger partial charge in [-0.05, 0) is 13.8 Å².